The Kier molecular flexibility index (Phi) is 5.58. The standard InChI is InChI=1S/C22H23N5O3/c1-25-10-12-26(13-11-25)21-8-9-23-19-7-6-17(15-18(19)21)24-22(28)14-16-4-2-3-5-20(16)27(29)30/h2-9,15H,10-14H2,1H3,(H,24,28). The molecule has 4 rings (SSSR count). The van der Waals surface area contributed by atoms with Crippen LogP contribution in [0.5, 0.6) is 0 Å². The Balaban J connectivity index is 1.56. The van der Waals surface area contributed by atoms with Crippen LogP contribution in [0.3, 0.4) is 0 Å². The van der Waals surface area contributed by atoms with Gasteiger partial charge in [-0.3, -0.25) is 19.9 Å². The molecule has 1 aliphatic heterocycles. The molecule has 0 saturated carbocycles. The molecule has 0 spiro atoms. The number of hydrogen-bond acceptors (Lipinski definition) is 6. The molecule has 0 atom stereocenters. The predicted octanol–water partition coefficient (Wildman–Crippen LogP) is 3.08. The third-order valence-corrected chi connectivity index (χ3v) is 5.39. The first kappa shape index (κ1) is 19.8. The maximum Gasteiger partial charge on any atom is 0.273 e. The molecule has 1 N–H and O–H groups in total. The summed E-state index contributed by atoms with van der Waals surface area (Å²) in [4.78, 5) is 32.3. The summed E-state index contributed by atoms with van der Waals surface area (Å²) in [6.07, 6.45) is 1.75. The zero-order chi connectivity index (χ0) is 21.1. The summed E-state index contributed by atoms with van der Waals surface area (Å²) < 4.78 is 0. The van der Waals surface area contributed by atoms with E-state index in [1.807, 2.05) is 24.4 Å². The molecule has 1 aliphatic rings. The van der Waals surface area contributed by atoms with Crippen LogP contribution in [0.25, 0.3) is 10.9 Å². The normalized spacial score (nSPS) is 14.6. The number of nitrogens with one attached hydrogen (secondary N) is 1. The van der Waals surface area contributed by atoms with Crippen molar-refractivity contribution in [2.45, 2.75) is 6.42 Å². The van der Waals surface area contributed by atoms with Crippen LogP contribution in [0.1, 0.15) is 5.56 Å². The molecule has 1 aromatic heterocycles. The molecule has 154 valence electrons. The number of piperazine rings is 1. The molecule has 8 nitrogen and oxygen atoms in total. The molecule has 0 aliphatic carbocycles. The van der Waals surface area contributed by atoms with Gasteiger partial charge in [-0.2, -0.15) is 0 Å². The Morgan fingerprint density at radius 2 is 1.90 bits per heavy atom. The zero-order valence-corrected chi connectivity index (χ0v) is 16.7. The van der Waals surface area contributed by atoms with Crippen molar-refractivity contribution in [3.05, 3.63) is 70.4 Å². The summed E-state index contributed by atoms with van der Waals surface area (Å²) in [6, 6.07) is 13.9. The van der Waals surface area contributed by atoms with Crippen LogP contribution in [0.15, 0.2) is 54.7 Å². The maximum absolute atomic E-state index is 12.6. The number of anilines is 2. The Bertz CT molecular complexity index is 1090. The first-order valence-corrected chi connectivity index (χ1v) is 9.85. The number of fused-ring (bicyclic) bond motifs is 1. The lowest BCUT2D eigenvalue weighted by molar-refractivity contribution is -0.385. The number of nitrogens with zero attached hydrogens (tertiary/aromatic N) is 4. The number of carbonyl (C=O) groups excluding carboxylic acids is 1. The van der Waals surface area contributed by atoms with Crippen LogP contribution in [0.2, 0.25) is 0 Å². The van der Waals surface area contributed by atoms with Crippen molar-refractivity contribution < 1.29 is 9.72 Å². The molecule has 2 aromatic carbocycles. The number of hydrogen-bond donors (Lipinski definition) is 1. The minimum Gasteiger partial charge on any atom is -0.368 e. The van der Waals surface area contributed by atoms with E-state index in [1.54, 1.807) is 24.3 Å². The van der Waals surface area contributed by atoms with Gasteiger partial charge in [0.05, 0.1) is 16.9 Å². The lowest BCUT2D eigenvalue weighted by Crippen LogP contribution is -2.44. The van der Waals surface area contributed by atoms with Crippen molar-refractivity contribution >= 4 is 33.9 Å². The van der Waals surface area contributed by atoms with Crippen molar-refractivity contribution in [1.29, 1.82) is 0 Å². The smallest absolute Gasteiger partial charge is 0.273 e. The molecule has 30 heavy (non-hydrogen) atoms. The molecule has 3 aromatic rings. The van der Waals surface area contributed by atoms with Crippen molar-refractivity contribution in [2.75, 3.05) is 43.4 Å². The highest BCUT2D eigenvalue weighted by Crippen LogP contribution is 2.29. The van der Waals surface area contributed by atoms with Gasteiger partial charge in [-0.15, -0.1) is 0 Å². The number of likely N-dealkylation sites (N-methyl/N-ethyl adjacent to an activating group) is 1. The van der Waals surface area contributed by atoms with Gasteiger partial charge in [0.15, 0.2) is 0 Å². The average Bonchev–Trinajstić information content (AvgIpc) is 2.74. The van der Waals surface area contributed by atoms with Gasteiger partial charge in [0.25, 0.3) is 5.69 Å². The third kappa shape index (κ3) is 4.23. The van der Waals surface area contributed by atoms with Gasteiger partial charge in [0.2, 0.25) is 5.91 Å². The number of rotatable bonds is 5. The van der Waals surface area contributed by atoms with Gasteiger partial charge in [-0.1, -0.05) is 18.2 Å². The molecular formula is C22H23N5O3. The van der Waals surface area contributed by atoms with E-state index in [2.05, 4.69) is 27.1 Å². The Morgan fingerprint density at radius 1 is 1.13 bits per heavy atom. The number of amides is 1. The molecule has 1 saturated heterocycles. The Hall–Kier alpha value is -3.52. The van der Waals surface area contributed by atoms with E-state index >= 15 is 0 Å². The van der Waals surface area contributed by atoms with Gasteiger partial charge < -0.3 is 15.1 Å². The zero-order valence-electron chi connectivity index (χ0n) is 16.7. The Morgan fingerprint density at radius 3 is 2.67 bits per heavy atom. The molecule has 0 radical (unpaired) electrons. The largest absolute Gasteiger partial charge is 0.368 e. The van der Waals surface area contributed by atoms with E-state index in [4.69, 9.17) is 0 Å². The van der Waals surface area contributed by atoms with Crippen LogP contribution < -0.4 is 10.2 Å². The van der Waals surface area contributed by atoms with Crippen molar-refractivity contribution in [3.8, 4) is 0 Å². The molecule has 0 unspecified atom stereocenters. The number of pyridine rings is 1. The van der Waals surface area contributed by atoms with E-state index in [0.717, 1.165) is 42.8 Å². The molecule has 1 fully saturated rings. The molecule has 0 bridgehead atoms. The van der Waals surface area contributed by atoms with Gasteiger partial charge >= 0.3 is 0 Å². The number of carbonyl (C=O) groups is 1. The highest BCUT2D eigenvalue weighted by molar-refractivity contribution is 5.98. The van der Waals surface area contributed by atoms with E-state index < -0.39 is 4.92 Å². The second kappa shape index (κ2) is 8.46. The minimum absolute atomic E-state index is 0.0484. The number of para-hydroxylation sites is 1. The molecular weight excluding hydrogens is 382 g/mol. The molecule has 2 heterocycles. The highest BCUT2D eigenvalue weighted by Gasteiger charge is 2.18. The van der Waals surface area contributed by atoms with Crippen molar-refractivity contribution in [1.82, 2.24) is 9.88 Å². The Labute approximate surface area is 174 Å². The van der Waals surface area contributed by atoms with Crippen molar-refractivity contribution in [3.63, 3.8) is 0 Å². The minimum atomic E-state index is -0.466. The summed E-state index contributed by atoms with van der Waals surface area (Å²) in [6.45, 7) is 3.86. The summed E-state index contributed by atoms with van der Waals surface area (Å²) in [7, 11) is 2.12. The van der Waals surface area contributed by atoms with Crippen molar-refractivity contribution in [2.24, 2.45) is 0 Å². The topological polar surface area (TPSA) is 91.6 Å². The third-order valence-electron chi connectivity index (χ3n) is 5.39. The second-order valence-corrected chi connectivity index (χ2v) is 7.46. The van der Waals surface area contributed by atoms with Gasteiger partial charge in [0, 0.05) is 60.8 Å². The SMILES string of the molecule is CN1CCN(c2ccnc3ccc(NC(=O)Cc4ccccc4[N+](=O)[O-])cc23)CC1. The fraction of sp³-hybridized carbons (Fsp3) is 0.273. The predicted molar refractivity (Wildman–Crippen MR) is 117 cm³/mol. The summed E-state index contributed by atoms with van der Waals surface area (Å²) >= 11 is 0. The fourth-order valence-corrected chi connectivity index (χ4v) is 3.75. The fourth-order valence-electron chi connectivity index (χ4n) is 3.75. The molecule has 1 amide bonds. The summed E-state index contributed by atoms with van der Waals surface area (Å²) in [5.41, 5.74) is 2.95. The monoisotopic (exact) mass is 405 g/mol. The van der Waals surface area contributed by atoms with Crippen LogP contribution in [0.4, 0.5) is 17.1 Å². The first-order valence-electron chi connectivity index (χ1n) is 9.85. The van der Waals surface area contributed by atoms with Gasteiger partial charge in [0.1, 0.15) is 0 Å². The van der Waals surface area contributed by atoms with E-state index in [1.165, 1.54) is 6.07 Å². The van der Waals surface area contributed by atoms with Crippen LogP contribution >= 0.6 is 0 Å². The lowest BCUT2D eigenvalue weighted by atomic mass is 10.1. The quantitative estimate of drug-likeness (QED) is 0.518. The summed E-state index contributed by atoms with van der Waals surface area (Å²) in [5.74, 6) is -0.298. The highest BCUT2D eigenvalue weighted by atomic mass is 16.6. The van der Waals surface area contributed by atoms with Crippen LogP contribution in [-0.4, -0.2) is 53.9 Å². The van der Waals surface area contributed by atoms with Crippen LogP contribution in [0, 0.1) is 10.1 Å². The summed E-state index contributed by atoms with van der Waals surface area (Å²) in [5, 5.41) is 15.0. The van der Waals surface area contributed by atoms with E-state index in [9.17, 15) is 14.9 Å². The van der Waals surface area contributed by atoms with E-state index in [0.29, 0.717) is 11.3 Å². The van der Waals surface area contributed by atoms with Crippen LogP contribution in [-0.2, 0) is 11.2 Å². The first-order chi connectivity index (χ1) is 14.5. The van der Waals surface area contributed by atoms with E-state index in [-0.39, 0.29) is 18.0 Å². The lowest BCUT2D eigenvalue weighted by Gasteiger charge is -2.34. The van der Waals surface area contributed by atoms with Gasteiger partial charge in [-0.25, -0.2) is 0 Å². The maximum atomic E-state index is 12.6. The number of aromatic nitrogens is 1. The second-order valence-electron chi connectivity index (χ2n) is 7.46. The number of benzene rings is 2. The average molecular weight is 405 g/mol. The van der Waals surface area contributed by atoms with Gasteiger partial charge in [-0.05, 0) is 31.3 Å². The molecule has 8 heteroatoms. The number of nitro groups is 1. The number of nitro benzene ring substituents is 1.